The monoisotopic (exact) mass is 223 g/mol. The van der Waals surface area contributed by atoms with Crippen molar-refractivity contribution < 1.29 is 18.7 Å². The Hall–Kier alpha value is -2.09. The van der Waals surface area contributed by atoms with Crippen molar-refractivity contribution in [2.75, 3.05) is 13.7 Å². The Kier molecular flexibility index (Phi) is 3.84. The fourth-order valence-electron chi connectivity index (χ4n) is 1.18. The molecule has 1 aromatic carbocycles. The molecule has 0 radical (unpaired) electrons. The van der Waals surface area contributed by atoms with E-state index in [2.05, 4.69) is 0 Å². The van der Waals surface area contributed by atoms with Crippen LogP contribution in [0.3, 0.4) is 0 Å². The van der Waals surface area contributed by atoms with E-state index in [1.54, 1.807) is 13.0 Å². The van der Waals surface area contributed by atoms with Gasteiger partial charge in [-0.3, -0.25) is 0 Å². The summed E-state index contributed by atoms with van der Waals surface area (Å²) in [6.45, 7) is 1.78. The van der Waals surface area contributed by atoms with Gasteiger partial charge in [-0.15, -0.1) is 0 Å². The van der Waals surface area contributed by atoms with Crippen LogP contribution >= 0.6 is 0 Å². The largest absolute Gasteiger partial charge is 0.497 e. The molecule has 0 N–H and O–H groups in total. The zero-order chi connectivity index (χ0) is 12.1. The van der Waals surface area contributed by atoms with Gasteiger partial charge in [0.1, 0.15) is 23.2 Å². The second-order valence-corrected chi connectivity index (χ2v) is 2.86. The van der Waals surface area contributed by atoms with Crippen LogP contribution in [0.5, 0.6) is 5.75 Å². The summed E-state index contributed by atoms with van der Waals surface area (Å²) in [6, 6.07) is 3.94. The third-order valence-electron chi connectivity index (χ3n) is 1.91. The molecule has 0 atom stereocenters. The molecule has 0 aliphatic heterocycles. The Morgan fingerprint density at radius 1 is 1.56 bits per heavy atom. The number of nitrogens with zero attached hydrogens (tertiary/aromatic N) is 1. The van der Waals surface area contributed by atoms with Crippen LogP contribution in [-0.4, -0.2) is 19.7 Å². The lowest BCUT2D eigenvalue weighted by Crippen LogP contribution is -2.08. The zero-order valence-electron chi connectivity index (χ0n) is 8.91. The number of esters is 1. The quantitative estimate of drug-likeness (QED) is 0.734. The number of carbonyl (C=O) groups is 1. The van der Waals surface area contributed by atoms with Crippen LogP contribution in [0, 0.1) is 17.1 Å². The van der Waals surface area contributed by atoms with Gasteiger partial charge in [0, 0.05) is 6.07 Å². The molecule has 0 unspecified atom stereocenters. The first kappa shape index (κ1) is 12.0. The topological polar surface area (TPSA) is 59.3 Å². The Bertz CT molecular complexity index is 451. The summed E-state index contributed by atoms with van der Waals surface area (Å²) >= 11 is 0. The molecular formula is C11H10FNO3. The lowest BCUT2D eigenvalue weighted by Gasteiger charge is -2.07. The van der Waals surface area contributed by atoms with E-state index in [0.29, 0.717) is 0 Å². The molecule has 4 nitrogen and oxygen atoms in total. The van der Waals surface area contributed by atoms with Crippen LogP contribution in [-0.2, 0) is 4.74 Å². The van der Waals surface area contributed by atoms with E-state index in [1.807, 2.05) is 0 Å². The lowest BCUT2D eigenvalue weighted by molar-refractivity contribution is 0.0525. The summed E-state index contributed by atoms with van der Waals surface area (Å²) in [5, 5.41) is 8.74. The summed E-state index contributed by atoms with van der Waals surface area (Å²) in [7, 11) is 1.34. The van der Waals surface area contributed by atoms with E-state index in [-0.39, 0.29) is 23.5 Å². The highest BCUT2D eigenvalue weighted by atomic mass is 19.1. The number of ether oxygens (including phenoxy) is 2. The van der Waals surface area contributed by atoms with Crippen LogP contribution in [0.25, 0.3) is 0 Å². The van der Waals surface area contributed by atoms with Crippen molar-refractivity contribution in [3.8, 4) is 11.8 Å². The van der Waals surface area contributed by atoms with E-state index in [4.69, 9.17) is 14.7 Å². The molecule has 0 aliphatic rings. The van der Waals surface area contributed by atoms with Crippen molar-refractivity contribution in [3.63, 3.8) is 0 Å². The molecule has 0 amide bonds. The highest BCUT2D eigenvalue weighted by molar-refractivity contribution is 5.92. The highest BCUT2D eigenvalue weighted by Gasteiger charge is 2.18. The average Bonchev–Trinajstić information content (AvgIpc) is 2.28. The first-order chi connectivity index (χ1) is 7.63. The van der Waals surface area contributed by atoms with Crippen LogP contribution < -0.4 is 4.74 Å². The van der Waals surface area contributed by atoms with Gasteiger partial charge in [-0.25, -0.2) is 9.18 Å². The van der Waals surface area contributed by atoms with Crippen LogP contribution in [0.1, 0.15) is 22.8 Å². The molecule has 5 heteroatoms. The fraction of sp³-hybridized carbons (Fsp3) is 0.273. The van der Waals surface area contributed by atoms with Crippen molar-refractivity contribution in [2.45, 2.75) is 6.92 Å². The molecule has 0 fully saturated rings. The number of benzene rings is 1. The van der Waals surface area contributed by atoms with Gasteiger partial charge in [0.15, 0.2) is 0 Å². The Morgan fingerprint density at radius 2 is 2.25 bits per heavy atom. The van der Waals surface area contributed by atoms with Crippen LogP contribution in [0.15, 0.2) is 12.1 Å². The highest BCUT2D eigenvalue weighted by Crippen LogP contribution is 2.21. The molecule has 0 spiro atoms. The molecule has 0 heterocycles. The molecule has 0 bridgehead atoms. The van der Waals surface area contributed by atoms with E-state index in [0.717, 1.165) is 6.07 Å². The summed E-state index contributed by atoms with van der Waals surface area (Å²) in [5.74, 6) is -1.37. The van der Waals surface area contributed by atoms with Gasteiger partial charge in [0.05, 0.1) is 19.3 Å². The maximum atomic E-state index is 13.4. The number of hydrogen-bond acceptors (Lipinski definition) is 4. The number of halogens is 1. The van der Waals surface area contributed by atoms with Gasteiger partial charge in [-0.1, -0.05) is 0 Å². The van der Waals surface area contributed by atoms with Crippen molar-refractivity contribution in [1.82, 2.24) is 0 Å². The summed E-state index contributed by atoms with van der Waals surface area (Å²) in [6.07, 6.45) is 0. The smallest absolute Gasteiger partial charge is 0.339 e. The Morgan fingerprint density at radius 3 is 2.75 bits per heavy atom. The molecular weight excluding hydrogens is 213 g/mol. The van der Waals surface area contributed by atoms with Gasteiger partial charge >= 0.3 is 5.97 Å². The van der Waals surface area contributed by atoms with E-state index in [1.165, 1.54) is 13.2 Å². The lowest BCUT2D eigenvalue weighted by atomic mass is 10.1. The van der Waals surface area contributed by atoms with E-state index in [9.17, 15) is 9.18 Å². The van der Waals surface area contributed by atoms with Crippen molar-refractivity contribution in [1.29, 1.82) is 5.26 Å². The van der Waals surface area contributed by atoms with Crippen LogP contribution in [0.4, 0.5) is 4.39 Å². The molecule has 0 saturated carbocycles. The van der Waals surface area contributed by atoms with Crippen molar-refractivity contribution in [2.24, 2.45) is 0 Å². The second-order valence-electron chi connectivity index (χ2n) is 2.86. The first-order valence-electron chi connectivity index (χ1n) is 4.58. The number of methoxy groups -OCH3 is 1. The standard InChI is InChI=1S/C11H10FNO3/c1-3-16-11(14)8-4-7(15-2)5-10(12)9(8)6-13/h4-5H,3H2,1-2H3. The number of hydrogen-bond donors (Lipinski definition) is 0. The summed E-state index contributed by atoms with van der Waals surface area (Å²) < 4.78 is 22.9. The van der Waals surface area contributed by atoms with Gasteiger partial charge in [-0.2, -0.15) is 5.26 Å². The third kappa shape index (κ3) is 2.28. The normalized spacial score (nSPS) is 9.38. The SMILES string of the molecule is CCOC(=O)c1cc(OC)cc(F)c1C#N. The minimum atomic E-state index is -0.801. The minimum Gasteiger partial charge on any atom is -0.497 e. The van der Waals surface area contributed by atoms with Crippen LogP contribution in [0.2, 0.25) is 0 Å². The molecule has 84 valence electrons. The molecule has 1 aromatic rings. The maximum Gasteiger partial charge on any atom is 0.339 e. The van der Waals surface area contributed by atoms with Crippen molar-refractivity contribution in [3.05, 3.63) is 29.1 Å². The molecule has 0 aromatic heterocycles. The predicted octanol–water partition coefficient (Wildman–Crippen LogP) is 1.88. The summed E-state index contributed by atoms with van der Waals surface area (Å²) in [5.41, 5.74) is -0.458. The fourth-order valence-corrected chi connectivity index (χ4v) is 1.18. The van der Waals surface area contributed by atoms with Crippen molar-refractivity contribution >= 4 is 5.97 Å². The number of carbonyl (C=O) groups excluding carboxylic acids is 1. The first-order valence-corrected chi connectivity index (χ1v) is 4.58. The van der Waals surface area contributed by atoms with Gasteiger partial charge in [0.25, 0.3) is 0 Å². The minimum absolute atomic E-state index is 0.124. The Balaban J connectivity index is 3.29. The second kappa shape index (κ2) is 5.12. The third-order valence-corrected chi connectivity index (χ3v) is 1.91. The molecule has 16 heavy (non-hydrogen) atoms. The average molecular weight is 223 g/mol. The molecule has 1 rings (SSSR count). The van der Waals surface area contributed by atoms with E-state index >= 15 is 0 Å². The number of rotatable bonds is 3. The molecule has 0 saturated heterocycles. The predicted molar refractivity (Wildman–Crippen MR) is 53.6 cm³/mol. The van der Waals surface area contributed by atoms with E-state index < -0.39 is 11.8 Å². The van der Waals surface area contributed by atoms with Gasteiger partial charge in [0.2, 0.25) is 0 Å². The van der Waals surface area contributed by atoms with Gasteiger partial charge in [-0.05, 0) is 13.0 Å². The molecule has 0 aliphatic carbocycles. The summed E-state index contributed by atoms with van der Waals surface area (Å²) in [4.78, 5) is 11.4. The zero-order valence-corrected chi connectivity index (χ0v) is 8.91. The number of nitriles is 1. The Labute approximate surface area is 92.2 Å². The maximum absolute atomic E-state index is 13.4. The van der Waals surface area contributed by atoms with Gasteiger partial charge < -0.3 is 9.47 Å².